The van der Waals surface area contributed by atoms with Crippen LogP contribution in [0.15, 0.2) is 24.3 Å². The molecule has 0 unspecified atom stereocenters. The molecule has 3 nitrogen and oxygen atoms in total. The molecule has 0 fully saturated rings. The number of carboxylic acids is 1. The summed E-state index contributed by atoms with van der Waals surface area (Å²) in [5, 5.41) is 8.45. The number of carbonyl (C=O) groups is 2. The van der Waals surface area contributed by atoms with E-state index in [-0.39, 0.29) is 6.42 Å². The number of aryl methyl sites for hydroxylation is 1. The minimum Gasteiger partial charge on any atom is -0.476 e. The Morgan fingerprint density at radius 1 is 1.12 bits per heavy atom. The fourth-order valence-corrected chi connectivity index (χ4v) is 1.68. The van der Waals surface area contributed by atoms with E-state index in [1.165, 1.54) is 5.56 Å². The van der Waals surface area contributed by atoms with Gasteiger partial charge in [-0.05, 0) is 29.9 Å². The molecule has 17 heavy (non-hydrogen) atoms. The summed E-state index contributed by atoms with van der Waals surface area (Å²) >= 11 is 0. The number of ketones is 1. The van der Waals surface area contributed by atoms with Gasteiger partial charge in [-0.15, -0.1) is 0 Å². The fourth-order valence-electron chi connectivity index (χ4n) is 1.68. The Bertz CT molecular complexity index is 390. The van der Waals surface area contributed by atoms with Crippen molar-refractivity contribution in [2.75, 3.05) is 0 Å². The van der Waals surface area contributed by atoms with E-state index in [9.17, 15) is 9.59 Å². The van der Waals surface area contributed by atoms with Crippen LogP contribution in [0.25, 0.3) is 0 Å². The molecule has 1 rings (SSSR count). The van der Waals surface area contributed by atoms with E-state index in [0.29, 0.717) is 12.3 Å². The first-order valence-corrected chi connectivity index (χ1v) is 5.83. The highest BCUT2D eigenvalue weighted by Crippen LogP contribution is 2.11. The Morgan fingerprint density at radius 3 is 2.12 bits per heavy atom. The molecule has 0 amide bonds. The number of rotatable bonds is 6. The smallest absolute Gasteiger partial charge is 0.372 e. The molecule has 0 aliphatic heterocycles. The van der Waals surface area contributed by atoms with Crippen LogP contribution in [0.2, 0.25) is 0 Å². The number of hydrogen-bond donors (Lipinski definition) is 1. The van der Waals surface area contributed by atoms with Gasteiger partial charge in [0.1, 0.15) is 0 Å². The average Bonchev–Trinajstić information content (AvgIpc) is 2.26. The predicted molar refractivity (Wildman–Crippen MR) is 65.9 cm³/mol. The number of aliphatic carboxylic acids is 1. The molecule has 0 spiro atoms. The Balaban J connectivity index is 2.51. The summed E-state index contributed by atoms with van der Waals surface area (Å²) in [6, 6.07) is 8.01. The molecule has 0 heterocycles. The molecule has 0 radical (unpaired) electrons. The van der Waals surface area contributed by atoms with Gasteiger partial charge in [0.15, 0.2) is 0 Å². The van der Waals surface area contributed by atoms with Gasteiger partial charge in [0.25, 0.3) is 0 Å². The van der Waals surface area contributed by atoms with Crippen molar-refractivity contribution in [3.8, 4) is 0 Å². The van der Waals surface area contributed by atoms with Crippen molar-refractivity contribution < 1.29 is 14.7 Å². The lowest BCUT2D eigenvalue weighted by molar-refractivity contribution is -0.149. The summed E-state index contributed by atoms with van der Waals surface area (Å²) in [4.78, 5) is 21.3. The van der Waals surface area contributed by atoms with Gasteiger partial charge in [-0.25, -0.2) is 4.79 Å². The quantitative estimate of drug-likeness (QED) is 0.769. The Hall–Kier alpha value is -1.64. The molecule has 0 aliphatic rings. The standard InChI is InChI=1S/C14H18O3/c1-10(2)9-12-5-3-11(4-6-12)7-8-13(15)14(16)17/h3-6,10H,7-9H2,1-2H3,(H,16,17). The minimum absolute atomic E-state index is 0.0683. The number of carboxylic acid groups (broad SMARTS) is 1. The normalized spacial score (nSPS) is 10.5. The van der Waals surface area contributed by atoms with E-state index >= 15 is 0 Å². The molecule has 1 N–H and O–H groups in total. The van der Waals surface area contributed by atoms with Crippen molar-refractivity contribution in [2.45, 2.75) is 33.1 Å². The maximum atomic E-state index is 10.9. The summed E-state index contributed by atoms with van der Waals surface area (Å²) in [5.41, 5.74) is 2.28. The summed E-state index contributed by atoms with van der Waals surface area (Å²) in [5.74, 6) is -1.45. The van der Waals surface area contributed by atoms with Gasteiger partial charge in [-0.2, -0.15) is 0 Å². The third-order valence-corrected chi connectivity index (χ3v) is 2.55. The average molecular weight is 234 g/mol. The number of hydrogen-bond acceptors (Lipinski definition) is 2. The van der Waals surface area contributed by atoms with Crippen molar-refractivity contribution in [1.82, 2.24) is 0 Å². The Kier molecular flexibility index (Phi) is 4.88. The molecule has 0 saturated carbocycles. The van der Waals surface area contributed by atoms with Crippen LogP contribution in [-0.4, -0.2) is 16.9 Å². The van der Waals surface area contributed by atoms with Crippen molar-refractivity contribution >= 4 is 11.8 Å². The van der Waals surface area contributed by atoms with Crippen molar-refractivity contribution in [3.05, 3.63) is 35.4 Å². The molecule has 0 saturated heterocycles. The van der Waals surface area contributed by atoms with Crippen LogP contribution in [-0.2, 0) is 22.4 Å². The maximum absolute atomic E-state index is 10.9. The third kappa shape index (κ3) is 4.81. The summed E-state index contributed by atoms with van der Waals surface area (Å²) < 4.78 is 0. The van der Waals surface area contributed by atoms with E-state index in [1.807, 2.05) is 24.3 Å². The van der Waals surface area contributed by atoms with Crippen molar-refractivity contribution in [2.24, 2.45) is 5.92 Å². The predicted octanol–water partition coefficient (Wildman–Crippen LogP) is 2.47. The molecule has 1 aromatic rings. The largest absolute Gasteiger partial charge is 0.476 e. The molecular formula is C14H18O3. The Morgan fingerprint density at radius 2 is 1.65 bits per heavy atom. The monoisotopic (exact) mass is 234 g/mol. The summed E-state index contributed by atoms with van der Waals surface area (Å²) in [6.07, 6.45) is 1.60. The van der Waals surface area contributed by atoms with E-state index < -0.39 is 11.8 Å². The Labute approximate surface area is 101 Å². The van der Waals surface area contributed by atoms with Gasteiger partial charge in [0.2, 0.25) is 5.78 Å². The van der Waals surface area contributed by atoms with Crippen LogP contribution in [0.3, 0.4) is 0 Å². The lowest BCUT2D eigenvalue weighted by Crippen LogP contribution is -2.12. The first-order chi connectivity index (χ1) is 7.99. The fraction of sp³-hybridized carbons (Fsp3) is 0.429. The number of benzene rings is 1. The van der Waals surface area contributed by atoms with Crippen molar-refractivity contribution in [1.29, 1.82) is 0 Å². The lowest BCUT2D eigenvalue weighted by Gasteiger charge is -2.06. The molecule has 0 bridgehead atoms. The molecule has 0 aliphatic carbocycles. The molecule has 1 aromatic carbocycles. The molecule has 0 atom stereocenters. The van der Waals surface area contributed by atoms with Gasteiger partial charge in [0.05, 0.1) is 0 Å². The third-order valence-electron chi connectivity index (χ3n) is 2.55. The first kappa shape index (κ1) is 13.4. The van der Waals surface area contributed by atoms with Gasteiger partial charge < -0.3 is 5.11 Å². The van der Waals surface area contributed by atoms with Crippen LogP contribution >= 0.6 is 0 Å². The second kappa shape index (κ2) is 6.18. The summed E-state index contributed by atoms with van der Waals surface area (Å²) in [6.45, 7) is 4.33. The number of Topliss-reactive ketones (excluding diaryl/α,β-unsaturated/α-hetero) is 1. The second-order valence-electron chi connectivity index (χ2n) is 4.64. The van der Waals surface area contributed by atoms with Gasteiger partial charge in [0, 0.05) is 6.42 Å². The van der Waals surface area contributed by atoms with Crippen LogP contribution in [0.1, 0.15) is 31.4 Å². The van der Waals surface area contributed by atoms with E-state index in [4.69, 9.17) is 5.11 Å². The van der Waals surface area contributed by atoms with Crippen LogP contribution in [0.4, 0.5) is 0 Å². The molecular weight excluding hydrogens is 216 g/mol. The highest BCUT2D eigenvalue weighted by atomic mass is 16.4. The zero-order valence-corrected chi connectivity index (χ0v) is 10.3. The highest BCUT2D eigenvalue weighted by Gasteiger charge is 2.10. The zero-order valence-electron chi connectivity index (χ0n) is 10.3. The van der Waals surface area contributed by atoms with E-state index in [0.717, 1.165) is 12.0 Å². The van der Waals surface area contributed by atoms with Crippen LogP contribution < -0.4 is 0 Å². The molecule has 0 aromatic heterocycles. The maximum Gasteiger partial charge on any atom is 0.372 e. The SMILES string of the molecule is CC(C)Cc1ccc(CCC(=O)C(=O)O)cc1. The lowest BCUT2D eigenvalue weighted by atomic mass is 10.00. The first-order valence-electron chi connectivity index (χ1n) is 5.83. The molecule has 92 valence electrons. The van der Waals surface area contributed by atoms with E-state index in [2.05, 4.69) is 13.8 Å². The number of carbonyl (C=O) groups excluding carboxylic acids is 1. The highest BCUT2D eigenvalue weighted by molar-refractivity contribution is 6.32. The topological polar surface area (TPSA) is 54.4 Å². The zero-order chi connectivity index (χ0) is 12.8. The van der Waals surface area contributed by atoms with Gasteiger partial charge in [-0.1, -0.05) is 38.1 Å². The van der Waals surface area contributed by atoms with Crippen molar-refractivity contribution in [3.63, 3.8) is 0 Å². The summed E-state index contributed by atoms with van der Waals surface area (Å²) in [7, 11) is 0. The van der Waals surface area contributed by atoms with Gasteiger partial charge in [-0.3, -0.25) is 4.79 Å². The molecule has 3 heteroatoms. The van der Waals surface area contributed by atoms with Crippen LogP contribution in [0.5, 0.6) is 0 Å². The minimum atomic E-state index is -1.35. The second-order valence-corrected chi connectivity index (χ2v) is 4.64. The van der Waals surface area contributed by atoms with Gasteiger partial charge >= 0.3 is 5.97 Å². The van der Waals surface area contributed by atoms with E-state index in [1.54, 1.807) is 0 Å². The van der Waals surface area contributed by atoms with Crippen LogP contribution in [0, 0.1) is 5.92 Å².